The third-order valence-corrected chi connectivity index (χ3v) is 6.64. The molecule has 0 amide bonds. The molecule has 2 saturated heterocycles. The number of aryl methyl sites for hydroxylation is 1. The summed E-state index contributed by atoms with van der Waals surface area (Å²) in [6.45, 7) is 13.5. The Hall–Kier alpha value is -2.32. The molecule has 0 aromatic heterocycles. The molecule has 1 N–H and O–H groups in total. The first-order chi connectivity index (χ1) is 15.4. The number of anilines is 1. The maximum atomic E-state index is 9.78. The summed E-state index contributed by atoms with van der Waals surface area (Å²) >= 11 is 0. The van der Waals surface area contributed by atoms with E-state index in [1.807, 2.05) is 0 Å². The normalized spacial score (nSPS) is 20.6. The second-order valence-corrected chi connectivity index (χ2v) is 9.85. The average Bonchev–Trinajstić information content (AvgIpc) is 2.79. The SMILES string of the molecule is Cc1ccccc1N1CCN([C@H]2CCCN(Cc3ccc(C#CC(C)(C)O)cc3)C2)CC1. The van der Waals surface area contributed by atoms with Crippen LogP contribution in [0.4, 0.5) is 5.69 Å². The van der Waals surface area contributed by atoms with Crippen LogP contribution < -0.4 is 4.90 Å². The largest absolute Gasteiger partial charge is 0.378 e. The van der Waals surface area contributed by atoms with Crippen molar-refractivity contribution in [1.29, 1.82) is 0 Å². The summed E-state index contributed by atoms with van der Waals surface area (Å²) < 4.78 is 0. The summed E-state index contributed by atoms with van der Waals surface area (Å²) in [7, 11) is 0. The second-order valence-electron chi connectivity index (χ2n) is 9.85. The Morgan fingerprint density at radius 2 is 1.69 bits per heavy atom. The van der Waals surface area contributed by atoms with E-state index in [-0.39, 0.29) is 0 Å². The number of likely N-dealkylation sites (tertiary alicyclic amines) is 1. The molecular weight excluding hydrogens is 394 g/mol. The smallest absolute Gasteiger partial charge is 0.120 e. The average molecular weight is 432 g/mol. The van der Waals surface area contributed by atoms with E-state index in [9.17, 15) is 5.11 Å². The quantitative estimate of drug-likeness (QED) is 0.744. The lowest BCUT2D eigenvalue weighted by atomic mass is 10.0. The number of aliphatic hydroxyl groups is 1. The fourth-order valence-electron chi connectivity index (χ4n) is 4.90. The molecule has 0 radical (unpaired) electrons. The van der Waals surface area contributed by atoms with E-state index in [2.05, 4.69) is 82.0 Å². The second kappa shape index (κ2) is 10.1. The highest BCUT2D eigenvalue weighted by molar-refractivity contribution is 5.53. The molecular formula is C28H37N3O. The summed E-state index contributed by atoms with van der Waals surface area (Å²) in [6, 6.07) is 17.9. The standard InChI is InChI=1S/C28H37N3O/c1-23-7-4-5-9-27(23)31-19-17-30(18-20-31)26-8-6-16-29(22-26)21-25-12-10-24(11-13-25)14-15-28(2,3)32/h4-5,7,9-13,26,32H,6,8,16-22H2,1-3H3/t26-/m0/s1. The van der Waals surface area contributed by atoms with Crippen LogP contribution in [0.3, 0.4) is 0 Å². The lowest BCUT2D eigenvalue weighted by molar-refractivity contribution is 0.0887. The summed E-state index contributed by atoms with van der Waals surface area (Å²) in [4.78, 5) is 7.88. The van der Waals surface area contributed by atoms with Crippen LogP contribution in [0.15, 0.2) is 48.5 Å². The molecule has 2 heterocycles. The molecule has 2 aromatic rings. The molecule has 4 rings (SSSR count). The van der Waals surface area contributed by atoms with Crippen molar-refractivity contribution >= 4 is 5.69 Å². The highest BCUT2D eigenvalue weighted by atomic mass is 16.3. The Labute approximate surface area is 193 Å². The van der Waals surface area contributed by atoms with E-state index in [0.717, 1.165) is 44.8 Å². The first-order valence-corrected chi connectivity index (χ1v) is 12.0. The minimum atomic E-state index is -0.951. The zero-order valence-electron chi connectivity index (χ0n) is 19.8. The van der Waals surface area contributed by atoms with Gasteiger partial charge in [-0.2, -0.15) is 0 Å². The molecule has 2 aliphatic rings. The Bertz CT molecular complexity index is 943. The highest BCUT2D eigenvalue weighted by Gasteiger charge is 2.28. The van der Waals surface area contributed by atoms with Crippen molar-refractivity contribution in [2.45, 2.75) is 51.8 Å². The van der Waals surface area contributed by atoms with E-state index in [0.29, 0.717) is 6.04 Å². The molecule has 0 saturated carbocycles. The Morgan fingerprint density at radius 3 is 2.38 bits per heavy atom. The molecule has 170 valence electrons. The number of rotatable bonds is 4. The number of hydrogen-bond acceptors (Lipinski definition) is 4. The van der Waals surface area contributed by atoms with Gasteiger partial charge in [-0.15, -0.1) is 0 Å². The van der Waals surface area contributed by atoms with Gasteiger partial charge in [0, 0.05) is 56.6 Å². The number of piperidine rings is 1. The monoisotopic (exact) mass is 431 g/mol. The van der Waals surface area contributed by atoms with Gasteiger partial charge in [-0.05, 0) is 69.5 Å². The van der Waals surface area contributed by atoms with E-state index in [1.165, 1.54) is 36.2 Å². The van der Waals surface area contributed by atoms with Crippen LogP contribution in [0, 0.1) is 18.8 Å². The lowest BCUT2D eigenvalue weighted by Crippen LogP contribution is -2.55. The summed E-state index contributed by atoms with van der Waals surface area (Å²) in [5, 5.41) is 9.78. The number of piperazine rings is 1. The first kappa shape index (κ1) is 22.9. The molecule has 2 fully saturated rings. The summed E-state index contributed by atoms with van der Waals surface area (Å²) in [5.74, 6) is 5.94. The van der Waals surface area contributed by atoms with Gasteiger partial charge in [-0.3, -0.25) is 9.80 Å². The van der Waals surface area contributed by atoms with E-state index >= 15 is 0 Å². The molecule has 4 heteroatoms. The molecule has 2 aromatic carbocycles. The van der Waals surface area contributed by atoms with Crippen LogP contribution in [0.5, 0.6) is 0 Å². The van der Waals surface area contributed by atoms with Crippen molar-refractivity contribution in [3.63, 3.8) is 0 Å². The van der Waals surface area contributed by atoms with Gasteiger partial charge in [-0.25, -0.2) is 0 Å². The van der Waals surface area contributed by atoms with Gasteiger partial charge >= 0.3 is 0 Å². The fraction of sp³-hybridized carbons (Fsp3) is 0.500. The molecule has 0 aliphatic carbocycles. The van der Waals surface area contributed by atoms with Crippen LogP contribution in [0.1, 0.15) is 43.4 Å². The van der Waals surface area contributed by atoms with Gasteiger partial charge in [0.15, 0.2) is 0 Å². The molecule has 0 spiro atoms. The van der Waals surface area contributed by atoms with Crippen LogP contribution in [0.2, 0.25) is 0 Å². The fourth-order valence-corrected chi connectivity index (χ4v) is 4.90. The van der Waals surface area contributed by atoms with Crippen molar-refractivity contribution in [1.82, 2.24) is 9.80 Å². The van der Waals surface area contributed by atoms with Crippen LogP contribution in [-0.2, 0) is 6.54 Å². The molecule has 4 nitrogen and oxygen atoms in total. The summed E-state index contributed by atoms with van der Waals surface area (Å²) in [5.41, 5.74) is 4.12. The van der Waals surface area contributed by atoms with Gasteiger partial charge in [-0.1, -0.05) is 42.2 Å². The Kier molecular flexibility index (Phi) is 7.20. The van der Waals surface area contributed by atoms with Gasteiger partial charge in [0.05, 0.1) is 0 Å². The topological polar surface area (TPSA) is 30.0 Å². The predicted molar refractivity (Wildman–Crippen MR) is 133 cm³/mol. The van der Waals surface area contributed by atoms with Gasteiger partial charge in [0.25, 0.3) is 0 Å². The predicted octanol–water partition coefficient (Wildman–Crippen LogP) is 3.90. The van der Waals surface area contributed by atoms with E-state index in [1.54, 1.807) is 13.8 Å². The van der Waals surface area contributed by atoms with Crippen molar-refractivity contribution < 1.29 is 5.11 Å². The Balaban J connectivity index is 1.29. The molecule has 0 bridgehead atoms. The number of nitrogens with zero attached hydrogens (tertiary/aromatic N) is 3. The molecule has 2 aliphatic heterocycles. The zero-order chi connectivity index (χ0) is 22.6. The Morgan fingerprint density at radius 1 is 0.969 bits per heavy atom. The van der Waals surface area contributed by atoms with Crippen LogP contribution in [-0.4, -0.2) is 65.8 Å². The first-order valence-electron chi connectivity index (χ1n) is 12.0. The van der Waals surface area contributed by atoms with Gasteiger partial charge in [0.1, 0.15) is 5.60 Å². The van der Waals surface area contributed by atoms with E-state index < -0.39 is 5.60 Å². The highest BCUT2D eigenvalue weighted by Crippen LogP contribution is 2.24. The number of benzene rings is 2. The van der Waals surface area contributed by atoms with Crippen LogP contribution in [0.25, 0.3) is 0 Å². The zero-order valence-corrected chi connectivity index (χ0v) is 19.8. The molecule has 0 unspecified atom stereocenters. The molecule has 32 heavy (non-hydrogen) atoms. The van der Waals surface area contributed by atoms with Gasteiger partial charge < -0.3 is 10.0 Å². The number of hydrogen-bond donors (Lipinski definition) is 1. The maximum absolute atomic E-state index is 9.78. The number of para-hydroxylation sites is 1. The van der Waals surface area contributed by atoms with E-state index in [4.69, 9.17) is 0 Å². The lowest BCUT2D eigenvalue weighted by Gasteiger charge is -2.44. The van der Waals surface area contributed by atoms with Crippen molar-refractivity contribution in [3.8, 4) is 11.8 Å². The third-order valence-electron chi connectivity index (χ3n) is 6.64. The maximum Gasteiger partial charge on any atom is 0.120 e. The minimum Gasteiger partial charge on any atom is -0.378 e. The van der Waals surface area contributed by atoms with Crippen molar-refractivity contribution in [2.75, 3.05) is 44.2 Å². The third kappa shape index (κ3) is 6.13. The van der Waals surface area contributed by atoms with Crippen molar-refractivity contribution in [2.24, 2.45) is 0 Å². The van der Waals surface area contributed by atoms with Crippen LogP contribution >= 0.6 is 0 Å². The van der Waals surface area contributed by atoms with Gasteiger partial charge in [0.2, 0.25) is 0 Å². The molecule has 1 atom stereocenters. The minimum absolute atomic E-state index is 0.666. The van der Waals surface area contributed by atoms with Crippen molar-refractivity contribution in [3.05, 3.63) is 65.2 Å². The summed E-state index contributed by atoms with van der Waals surface area (Å²) in [6.07, 6.45) is 2.59.